The zero-order valence-corrected chi connectivity index (χ0v) is 13.8. The summed E-state index contributed by atoms with van der Waals surface area (Å²) in [6.45, 7) is 1.63. The topological polar surface area (TPSA) is 46.8 Å². The van der Waals surface area contributed by atoms with E-state index in [4.69, 9.17) is 11.6 Å². The molecule has 1 aliphatic heterocycles. The molecule has 0 amide bonds. The molecule has 1 aromatic carbocycles. The number of aromatic nitrogens is 4. The van der Waals surface area contributed by atoms with E-state index < -0.39 is 0 Å². The second kappa shape index (κ2) is 6.31. The maximum Gasteiger partial charge on any atom is 0.193 e. The Kier molecular flexibility index (Phi) is 4.03. The molecule has 1 aliphatic rings. The fraction of sp³-hybridized carbons (Fsp3) is 0.188. The quantitative estimate of drug-likeness (QED) is 0.728. The van der Waals surface area contributed by atoms with Gasteiger partial charge >= 0.3 is 0 Å². The number of thioether (sulfide) groups is 1. The van der Waals surface area contributed by atoms with Gasteiger partial charge in [-0.25, -0.2) is 0 Å². The van der Waals surface area contributed by atoms with Crippen molar-refractivity contribution in [3.8, 4) is 11.4 Å². The Bertz CT molecular complexity index is 803. The van der Waals surface area contributed by atoms with Gasteiger partial charge in [0.2, 0.25) is 0 Å². The second-order valence-corrected chi connectivity index (χ2v) is 6.69. The number of fused-ring (bicyclic) bond motifs is 1. The minimum Gasteiger partial charge on any atom is -0.288 e. The molecule has 2 aromatic heterocycles. The predicted molar refractivity (Wildman–Crippen MR) is 91.0 cm³/mol. The molecule has 0 atom stereocenters. The molecule has 4 rings (SSSR count). The van der Waals surface area contributed by atoms with Crippen molar-refractivity contribution in [1.82, 2.24) is 24.6 Å². The maximum absolute atomic E-state index is 5.97. The van der Waals surface area contributed by atoms with Crippen molar-refractivity contribution in [3.05, 3.63) is 59.4 Å². The van der Waals surface area contributed by atoms with Gasteiger partial charge in [-0.3, -0.25) is 14.5 Å². The van der Waals surface area contributed by atoms with E-state index in [0.29, 0.717) is 0 Å². The van der Waals surface area contributed by atoms with Crippen molar-refractivity contribution in [2.45, 2.75) is 18.4 Å². The molecule has 0 fully saturated rings. The summed E-state index contributed by atoms with van der Waals surface area (Å²) in [5, 5.41) is 10.3. The van der Waals surface area contributed by atoms with Crippen molar-refractivity contribution in [3.63, 3.8) is 0 Å². The Balaban J connectivity index is 1.59. The fourth-order valence-electron chi connectivity index (χ4n) is 2.57. The second-order valence-electron chi connectivity index (χ2n) is 5.35. The molecule has 5 nitrogen and oxygen atoms in total. The summed E-state index contributed by atoms with van der Waals surface area (Å²) >= 11 is 7.67. The lowest BCUT2D eigenvalue weighted by Crippen LogP contribution is -2.30. The Hall–Kier alpha value is -1.89. The van der Waals surface area contributed by atoms with Gasteiger partial charge in [-0.1, -0.05) is 29.4 Å². The summed E-state index contributed by atoms with van der Waals surface area (Å²) in [6, 6.07) is 11.8. The molecule has 116 valence electrons. The SMILES string of the molecule is Clc1ccc(-c2nnc3n2CN(Cc2cccnc2)CS3)cc1. The first-order valence-corrected chi connectivity index (χ1v) is 8.59. The van der Waals surface area contributed by atoms with Crippen LogP contribution in [0.1, 0.15) is 5.56 Å². The summed E-state index contributed by atoms with van der Waals surface area (Å²) in [5.74, 6) is 1.77. The number of halogens is 1. The highest BCUT2D eigenvalue weighted by atomic mass is 35.5. The van der Waals surface area contributed by atoms with E-state index in [0.717, 1.165) is 40.7 Å². The summed E-state index contributed by atoms with van der Waals surface area (Å²) in [5.41, 5.74) is 2.23. The van der Waals surface area contributed by atoms with Crippen LogP contribution in [0, 0.1) is 0 Å². The molecule has 0 aliphatic carbocycles. The molecule has 3 heterocycles. The van der Waals surface area contributed by atoms with Crippen LogP contribution < -0.4 is 0 Å². The van der Waals surface area contributed by atoms with E-state index in [-0.39, 0.29) is 0 Å². The van der Waals surface area contributed by atoms with Crippen molar-refractivity contribution < 1.29 is 0 Å². The van der Waals surface area contributed by atoms with E-state index in [1.165, 1.54) is 5.56 Å². The number of nitrogens with zero attached hydrogens (tertiary/aromatic N) is 5. The predicted octanol–water partition coefficient (Wildman–Crippen LogP) is 3.52. The van der Waals surface area contributed by atoms with Crippen LogP contribution in [0.3, 0.4) is 0 Å². The van der Waals surface area contributed by atoms with Crippen molar-refractivity contribution in [2.24, 2.45) is 0 Å². The van der Waals surface area contributed by atoms with Gasteiger partial charge < -0.3 is 0 Å². The van der Waals surface area contributed by atoms with E-state index in [1.807, 2.05) is 36.5 Å². The number of hydrogen-bond donors (Lipinski definition) is 0. The minimum absolute atomic E-state index is 0.722. The first-order chi connectivity index (χ1) is 11.3. The lowest BCUT2D eigenvalue weighted by Gasteiger charge is -2.27. The van der Waals surface area contributed by atoms with E-state index in [2.05, 4.69) is 30.7 Å². The van der Waals surface area contributed by atoms with Gasteiger partial charge in [0.05, 0.1) is 12.5 Å². The van der Waals surface area contributed by atoms with Gasteiger partial charge in [0.1, 0.15) is 0 Å². The van der Waals surface area contributed by atoms with Crippen LogP contribution in [-0.4, -0.2) is 30.5 Å². The zero-order valence-electron chi connectivity index (χ0n) is 12.3. The fourth-order valence-corrected chi connectivity index (χ4v) is 3.57. The van der Waals surface area contributed by atoms with Crippen molar-refractivity contribution in [1.29, 1.82) is 0 Å². The minimum atomic E-state index is 0.722. The zero-order chi connectivity index (χ0) is 15.6. The van der Waals surface area contributed by atoms with E-state index in [9.17, 15) is 0 Å². The number of pyridine rings is 1. The normalized spacial score (nSPS) is 14.7. The molecule has 7 heteroatoms. The molecule has 23 heavy (non-hydrogen) atoms. The first-order valence-electron chi connectivity index (χ1n) is 7.23. The smallest absolute Gasteiger partial charge is 0.193 e. The van der Waals surface area contributed by atoms with Crippen molar-refractivity contribution >= 4 is 23.4 Å². The third-order valence-corrected chi connectivity index (χ3v) is 4.97. The Morgan fingerprint density at radius 3 is 2.78 bits per heavy atom. The molecular weight excluding hydrogens is 330 g/mol. The monoisotopic (exact) mass is 343 g/mol. The standard InChI is InChI=1S/C16H14ClN5S/c17-14-5-3-13(4-6-14)15-19-20-16-22(15)10-21(11-23-16)9-12-2-1-7-18-8-12/h1-8H,9-11H2. The Labute approximate surface area is 143 Å². The van der Waals surface area contributed by atoms with Gasteiger partial charge in [-0.2, -0.15) is 0 Å². The third kappa shape index (κ3) is 3.10. The highest BCUT2D eigenvalue weighted by Gasteiger charge is 2.22. The molecular formula is C16H14ClN5S. The molecule has 0 spiro atoms. The van der Waals surface area contributed by atoms with Gasteiger partial charge in [-0.15, -0.1) is 10.2 Å². The largest absolute Gasteiger partial charge is 0.288 e. The van der Waals surface area contributed by atoms with Crippen LogP contribution in [0.4, 0.5) is 0 Å². The van der Waals surface area contributed by atoms with Crippen LogP contribution in [0.5, 0.6) is 0 Å². The maximum atomic E-state index is 5.97. The molecule has 0 N–H and O–H groups in total. The number of rotatable bonds is 3. The van der Waals surface area contributed by atoms with E-state index >= 15 is 0 Å². The summed E-state index contributed by atoms with van der Waals surface area (Å²) in [6.07, 6.45) is 3.71. The van der Waals surface area contributed by atoms with Crippen LogP contribution in [-0.2, 0) is 13.2 Å². The first kappa shape index (κ1) is 14.7. The average Bonchev–Trinajstić information content (AvgIpc) is 3.00. The molecule has 0 saturated heterocycles. The molecule has 0 unspecified atom stereocenters. The molecule has 0 radical (unpaired) electrons. The number of benzene rings is 1. The highest BCUT2D eigenvalue weighted by Crippen LogP contribution is 2.30. The van der Waals surface area contributed by atoms with Gasteiger partial charge in [0.25, 0.3) is 0 Å². The van der Waals surface area contributed by atoms with Crippen LogP contribution in [0.15, 0.2) is 53.9 Å². The average molecular weight is 344 g/mol. The Morgan fingerprint density at radius 2 is 2.00 bits per heavy atom. The molecule has 0 bridgehead atoms. The third-order valence-electron chi connectivity index (χ3n) is 3.67. The van der Waals surface area contributed by atoms with Gasteiger partial charge in [-0.05, 0) is 35.9 Å². The van der Waals surface area contributed by atoms with Crippen LogP contribution >= 0.6 is 23.4 Å². The van der Waals surface area contributed by atoms with Gasteiger partial charge in [0, 0.05) is 29.5 Å². The summed E-state index contributed by atoms with van der Waals surface area (Å²) in [7, 11) is 0. The van der Waals surface area contributed by atoms with Gasteiger partial charge in [0.15, 0.2) is 11.0 Å². The van der Waals surface area contributed by atoms with Crippen molar-refractivity contribution in [2.75, 3.05) is 5.88 Å². The lowest BCUT2D eigenvalue weighted by molar-refractivity contribution is 0.231. The molecule has 0 saturated carbocycles. The van der Waals surface area contributed by atoms with Crippen LogP contribution in [0.2, 0.25) is 5.02 Å². The van der Waals surface area contributed by atoms with E-state index in [1.54, 1.807) is 18.0 Å². The summed E-state index contributed by atoms with van der Waals surface area (Å²) < 4.78 is 2.15. The number of hydrogen-bond acceptors (Lipinski definition) is 5. The molecule has 3 aromatic rings. The summed E-state index contributed by atoms with van der Waals surface area (Å²) in [4.78, 5) is 6.53. The highest BCUT2D eigenvalue weighted by molar-refractivity contribution is 7.99. The van der Waals surface area contributed by atoms with Crippen LogP contribution in [0.25, 0.3) is 11.4 Å². The lowest BCUT2D eigenvalue weighted by atomic mass is 10.2. The Morgan fingerprint density at radius 1 is 1.13 bits per heavy atom.